The zero-order valence-corrected chi connectivity index (χ0v) is 14.4. The fourth-order valence-electron chi connectivity index (χ4n) is 3.46. The third kappa shape index (κ3) is 4.30. The van der Waals surface area contributed by atoms with Gasteiger partial charge in [-0.2, -0.15) is 0 Å². The predicted molar refractivity (Wildman–Crippen MR) is 94.8 cm³/mol. The summed E-state index contributed by atoms with van der Waals surface area (Å²) in [5.74, 6) is 1.69. The summed E-state index contributed by atoms with van der Waals surface area (Å²) in [5, 5.41) is 0. The molecule has 1 saturated heterocycles. The Morgan fingerprint density at radius 3 is 2.68 bits per heavy atom. The summed E-state index contributed by atoms with van der Waals surface area (Å²) in [6.45, 7) is 4.77. The van der Waals surface area contributed by atoms with E-state index in [1.165, 1.54) is 11.1 Å². The maximum absolute atomic E-state index is 5.85. The first kappa shape index (κ1) is 16.4. The molecule has 1 atom stereocenters. The van der Waals surface area contributed by atoms with Gasteiger partial charge in [-0.05, 0) is 42.2 Å². The summed E-state index contributed by atoms with van der Waals surface area (Å²) in [4.78, 5) is 6.67. The number of pyridine rings is 1. The van der Waals surface area contributed by atoms with Crippen LogP contribution in [0.3, 0.4) is 0 Å². The van der Waals surface area contributed by atoms with Crippen LogP contribution >= 0.6 is 0 Å². The number of rotatable bonds is 6. The van der Waals surface area contributed by atoms with Gasteiger partial charge in [-0.15, -0.1) is 0 Å². The minimum absolute atomic E-state index is 0.328. The lowest BCUT2D eigenvalue weighted by Crippen LogP contribution is -2.31. The van der Waals surface area contributed by atoms with E-state index in [2.05, 4.69) is 28.1 Å². The Hall–Kier alpha value is -2.11. The quantitative estimate of drug-likeness (QED) is 0.809. The van der Waals surface area contributed by atoms with Gasteiger partial charge in [0.05, 0.1) is 6.10 Å². The number of aromatic nitrogens is 1. The molecule has 0 saturated carbocycles. The molecule has 0 spiro atoms. The third-order valence-corrected chi connectivity index (χ3v) is 4.63. The maximum Gasteiger partial charge on any atom is 0.161 e. The van der Waals surface area contributed by atoms with Crippen LogP contribution in [0, 0.1) is 0 Å². The van der Waals surface area contributed by atoms with Gasteiger partial charge in [-0.25, -0.2) is 0 Å². The lowest BCUT2D eigenvalue weighted by molar-refractivity contribution is 0.0678. The highest BCUT2D eigenvalue weighted by atomic mass is 16.6. The molecular weight excluding hydrogens is 316 g/mol. The molecule has 0 N–H and O–H groups in total. The molecular formula is C20H24N2O3. The van der Waals surface area contributed by atoms with E-state index in [1.807, 2.05) is 24.5 Å². The molecule has 0 aliphatic carbocycles. The van der Waals surface area contributed by atoms with E-state index in [0.717, 1.165) is 50.6 Å². The summed E-state index contributed by atoms with van der Waals surface area (Å²) in [6.07, 6.45) is 6.38. The van der Waals surface area contributed by atoms with Gasteiger partial charge in [0.2, 0.25) is 0 Å². The van der Waals surface area contributed by atoms with Crippen LogP contribution in [0.4, 0.5) is 0 Å². The summed E-state index contributed by atoms with van der Waals surface area (Å²) in [7, 11) is 0. The highest BCUT2D eigenvalue weighted by Crippen LogP contribution is 2.31. The van der Waals surface area contributed by atoms with Crippen molar-refractivity contribution < 1.29 is 14.2 Å². The first-order valence-electron chi connectivity index (χ1n) is 8.98. The number of fused-ring (bicyclic) bond motifs is 1. The molecule has 1 aromatic carbocycles. The molecule has 2 aliphatic heterocycles. The van der Waals surface area contributed by atoms with Gasteiger partial charge in [-0.1, -0.05) is 12.1 Å². The van der Waals surface area contributed by atoms with Crippen LogP contribution in [0.5, 0.6) is 11.5 Å². The number of hydrogen-bond acceptors (Lipinski definition) is 5. The van der Waals surface area contributed by atoms with Crippen molar-refractivity contribution in [2.24, 2.45) is 0 Å². The first-order valence-corrected chi connectivity index (χ1v) is 8.98. The first-order chi connectivity index (χ1) is 12.4. The lowest BCUT2D eigenvalue weighted by atomic mass is 10.1. The van der Waals surface area contributed by atoms with Gasteiger partial charge in [0.1, 0.15) is 13.2 Å². The van der Waals surface area contributed by atoms with Crippen LogP contribution in [-0.4, -0.2) is 42.4 Å². The molecule has 25 heavy (non-hydrogen) atoms. The second-order valence-corrected chi connectivity index (χ2v) is 6.64. The highest BCUT2D eigenvalue weighted by Gasteiger charge is 2.20. The second kappa shape index (κ2) is 7.85. The van der Waals surface area contributed by atoms with Crippen LogP contribution < -0.4 is 9.47 Å². The Labute approximate surface area is 148 Å². The Morgan fingerprint density at radius 2 is 1.88 bits per heavy atom. The van der Waals surface area contributed by atoms with Gasteiger partial charge < -0.3 is 14.2 Å². The molecule has 0 radical (unpaired) electrons. The van der Waals surface area contributed by atoms with E-state index in [0.29, 0.717) is 19.3 Å². The Balaban J connectivity index is 1.48. The van der Waals surface area contributed by atoms with E-state index in [-0.39, 0.29) is 0 Å². The molecule has 0 bridgehead atoms. The molecule has 2 aromatic rings. The van der Waals surface area contributed by atoms with Gasteiger partial charge in [0.25, 0.3) is 0 Å². The van der Waals surface area contributed by atoms with E-state index in [9.17, 15) is 0 Å². The average molecular weight is 340 g/mol. The topological polar surface area (TPSA) is 43.8 Å². The average Bonchev–Trinajstić information content (AvgIpc) is 3.15. The van der Waals surface area contributed by atoms with Crippen LogP contribution in [0.15, 0.2) is 42.7 Å². The molecule has 3 heterocycles. The van der Waals surface area contributed by atoms with Gasteiger partial charge in [0.15, 0.2) is 11.5 Å². The van der Waals surface area contributed by atoms with E-state index in [1.54, 1.807) is 0 Å². The standard InChI is InChI=1S/C20H24N2O3/c1-3-17(12-21-7-1)14-22(15-18-4-2-8-23-18)13-16-5-6-19-20(11-16)25-10-9-24-19/h1,3,5-7,11-12,18H,2,4,8-10,13-15H2/t18-/m0/s1. The monoisotopic (exact) mass is 340 g/mol. The Kier molecular flexibility index (Phi) is 5.14. The Bertz CT molecular complexity index is 687. The Morgan fingerprint density at radius 1 is 1.00 bits per heavy atom. The zero-order chi connectivity index (χ0) is 16.9. The van der Waals surface area contributed by atoms with Crippen molar-refractivity contribution in [3.8, 4) is 11.5 Å². The smallest absolute Gasteiger partial charge is 0.161 e. The number of ether oxygens (including phenoxy) is 3. The number of hydrogen-bond donors (Lipinski definition) is 0. The lowest BCUT2D eigenvalue weighted by Gasteiger charge is -2.26. The highest BCUT2D eigenvalue weighted by molar-refractivity contribution is 5.43. The molecule has 5 nitrogen and oxygen atoms in total. The summed E-state index contributed by atoms with van der Waals surface area (Å²) < 4.78 is 17.2. The SMILES string of the molecule is c1cncc(CN(Cc2ccc3c(c2)OCCO3)C[C@@H]2CCCO2)c1. The largest absolute Gasteiger partial charge is 0.486 e. The molecule has 0 amide bonds. The second-order valence-electron chi connectivity index (χ2n) is 6.64. The van der Waals surface area contributed by atoms with Crippen molar-refractivity contribution in [3.05, 3.63) is 53.9 Å². The van der Waals surface area contributed by atoms with Gasteiger partial charge >= 0.3 is 0 Å². The summed E-state index contributed by atoms with van der Waals surface area (Å²) >= 11 is 0. The van der Waals surface area contributed by atoms with Crippen molar-refractivity contribution in [3.63, 3.8) is 0 Å². The van der Waals surface area contributed by atoms with Crippen molar-refractivity contribution in [1.82, 2.24) is 9.88 Å². The molecule has 132 valence electrons. The van der Waals surface area contributed by atoms with Gasteiger partial charge in [0, 0.05) is 38.6 Å². The fraction of sp³-hybridized carbons (Fsp3) is 0.450. The fourth-order valence-corrected chi connectivity index (χ4v) is 3.46. The van der Waals surface area contributed by atoms with Crippen molar-refractivity contribution in [1.29, 1.82) is 0 Å². The number of nitrogens with zero attached hydrogens (tertiary/aromatic N) is 2. The van der Waals surface area contributed by atoms with Gasteiger partial charge in [-0.3, -0.25) is 9.88 Å². The van der Waals surface area contributed by atoms with E-state index >= 15 is 0 Å². The molecule has 5 heteroatoms. The zero-order valence-electron chi connectivity index (χ0n) is 14.4. The summed E-state index contributed by atoms with van der Waals surface area (Å²) in [6, 6.07) is 10.3. The molecule has 1 aromatic heterocycles. The molecule has 2 aliphatic rings. The minimum atomic E-state index is 0.328. The predicted octanol–water partition coefficient (Wildman–Crippen LogP) is 3.03. The third-order valence-electron chi connectivity index (χ3n) is 4.63. The summed E-state index contributed by atoms with van der Waals surface area (Å²) in [5.41, 5.74) is 2.45. The van der Waals surface area contributed by atoms with Crippen molar-refractivity contribution in [2.75, 3.05) is 26.4 Å². The molecule has 4 rings (SSSR count). The van der Waals surface area contributed by atoms with Crippen molar-refractivity contribution >= 4 is 0 Å². The van der Waals surface area contributed by atoms with E-state index < -0.39 is 0 Å². The normalized spacial score (nSPS) is 19.3. The minimum Gasteiger partial charge on any atom is -0.486 e. The van der Waals surface area contributed by atoms with Crippen LogP contribution in [0.25, 0.3) is 0 Å². The van der Waals surface area contributed by atoms with Crippen molar-refractivity contribution in [2.45, 2.75) is 32.0 Å². The van der Waals surface area contributed by atoms with Crippen LogP contribution in [-0.2, 0) is 17.8 Å². The molecule has 0 unspecified atom stereocenters. The van der Waals surface area contributed by atoms with E-state index in [4.69, 9.17) is 14.2 Å². The molecule has 1 fully saturated rings. The van der Waals surface area contributed by atoms with Crippen LogP contribution in [0.2, 0.25) is 0 Å². The maximum atomic E-state index is 5.85. The van der Waals surface area contributed by atoms with Crippen LogP contribution in [0.1, 0.15) is 24.0 Å². The number of benzene rings is 1.